The van der Waals surface area contributed by atoms with Gasteiger partial charge in [-0.3, -0.25) is 4.79 Å². The Morgan fingerprint density at radius 2 is 2.17 bits per heavy atom. The lowest BCUT2D eigenvalue weighted by molar-refractivity contribution is 0.149. The fraction of sp³-hybridized carbons (Fsp3) is 0.471. The number of aromatic nitrogens is 3. The Balaban J connectivity index is 1.76. The standard InChI is InChI=1S/C17H23N5O2/c1-12-5-8-21(10-14(12)22-9-6-18-11-22)17(24)19-15-13(2)4-7-20(3)16(15)23/h4,6-7,9,11-12,14H,5,8,10H2,1-3H3,(H,19,24)/t12-,14+/m0/s1. The second-order valence-corrected chi connectivity index (χ2v) is 6.51. The maximum atomic E-state index is 12.6. The van der Waals surface area contributed by atoms with Gasteiger partial charge in [0.05, 0.1) is 12.4 Å². The zero-order valence-corrected chi connectivity index (χ0v) is 14.3. The van der Waals surface area contributed by atoms with Crippen LogP contribution in [-0.2, 0) is 7.05 Å². The molecule has 1 fully saturated rings. The summed E-state index contributed by atoms with van der Waals surface area (Å²) in [6, 6.07) is 1.80. The van der Waals surface area contributed by atoms with E-state index < -0.39 is 0 Å². The van der Waals surface area contributed by atoms with E-state index in [0.29, 0.717) is 24.7 Å². The molecule has 0 bridgehead atoms. The molecule has 0 aromatic carbocycles. The van der Waals surface area contributed by atoms with Crippen molar-refractivity contribution in [2.24, 2.45) is 13.0 Å². The van der Waals surface area contributed by atoms with Crippen molar-refractivity contribution >= 4 is 11.7 Å². The number of carbonyl (C=O) groups is 1. The number of carbonyl (C=O) groups excluding carboxylic acids is 1. The van der Waals surface area contributed by atoms with E-state index in [1.54, 1.807) is 30.7 Å². The number of aryl methyl sites for hydroxylation is 2. The van der Waals surface area contributed by atoms with Crippen molar-refractivity contribution < 1.29 is 4.79 Å². The third kappa shape index (κ3) is 3.06. The van der Waals surface area contributed by atoms with Gasteiger partial charge in [0.1, 0.15) is 5.69 Å². The lowest BCUT2D eigenvalue weighted by Crippen LogP contribution is -2.46. The molecule has 0 aliphatic carbocycles. The van der Waals surface area contributed by atoms with Gasteiger partial charge >= 0.3 is 6.03 Å². The van der Waals surface area contributed by atoms with Crippen LogP contribution >= 0.6 is 0 Å². The molecular formula is C17H23N5O2. The lowest BCUT2D eigenvalue weighted by atomic mass is 9.93. The molecule has 24 heavy (non-hydrogen) atoms. The number of anilines is 1. The van der Waals surface area contributed by atoms with Crippen molar-refractivity contribution in [2.75, 3.05) is 18.4 Å². The van der Waals surface area contributed by atoms with Gasteiger partial charge in [0.15, 0.2) is 0 Å². The highest BCUT2D eigenvalue weighted by atomic mass is 16.2. The summed E-state index contributed by atoms with van der Waals surface area (Å²) in [4.78, 5) is 30.8. The van der Waals surface area contributed by atoms with Crippen molar-refractivity contribution in [3.05, 3.63) is 46.9 Å². The first kappa shape index (κ1) is 16.3. The number of nitrogens with zero attached hydrogens (tertiary/aromatic N) is 4. The number of hydrogen-bond donors (Lipinski definition) is 1. The van der Waals surface area contributed by atoms with E-state index in [0.717, 1.165) is 12.0 Å². The first-order valence-electron chi connectivity index (χ1n) is 8.17. The molecule has 3 rings (SSSR count). The molecule has 2 amide bonds. The quantitative estimate of drug-likeness (QED) is 0.916. The number of hydrogen-bond acceptors (Lipinski definition) is 3. The van der Waals surface area contributed by atoms with E-state index in [1.807, 2.05) is 19.2 Å². The third-order valence-electron chi connectivity index (χ3n) is 4.82. The smallest absolute Gasteiger partial charge is 0.322 e. The van der Waals surface area contributed by atoms with Crippen LogP contribution in [0.3, 0.4) is 0 Å². The van der Waals surface area contributed by atoms with Crippen LogP contribution in [0.1, 0.15) is 24.9 Å². The number of nitrogens with one attached hydrogen (secondary N) is 1. The average molecular weight is 329 g/mol. The van der Waals surface area contributed by atoms with Crippen molar-refractivity contribution in [3.63, 3.8) is 0 Å². The maximum absolute atomic E-state index is 12.6. The molecule has 1 aliphatic heterocycles. The van der Waals surface area contributed by atoms with Gasteiger partial charge in [0.2, 0.25) is 0 Å². The van der Waals surface area contributed by atoms with Gasteiger partial charge in [-0.25, -0.2) is 9.78 Å². The summed E-state index contributed by atoms with van der Waals surface area (Å²) in [5.74, 6) is 0.467. The number of likely N-dealkylation sites (tertiary alicyclic amines) is 1. The summed E-state index contributed by atoms with van der Waals surface area (Å²) in [5, 5.41) is 2.80. The molecule has 128 valence electrons. The van der Waals surface area contributed by atoms with Crippen molar-refractivity contribution in [1.29, 1.82) is 0 Å². The molecule has 1 aliphatic rings. The largest absolute Gasteiger partial charge is 0.332 e. The highest BCUT2D eigenvalue weighted by Gasteiger charge is 2.30. The average Bonchev–Trinajstić information content (AvgIpc) is 3.09. The fourth-order valence-corrected chi connectivity index (χ4v) is 3.14. The first-order valence-corrected chi connectivity index (χ1v) is 8.17. The molecule has 0 unspecified atom stereocenters. The van der Waals surface area contributed by atoms with Gasteiger partial charge in [0, 0.05) is 38.7 Å². The highest BCUT2D eigenvalue weighted by molar-refractivity contribution is 5.90. The van der Waals surface area contributed by atoms with Gasteiger partial charge in [-0.15, -0.1) is 0 Å². The van der Waals surface area contributed by atoms with Gasteiger partial charge < -0.3 is 19.4 Å². The minimum Gasteiger partial charge on any atom is -0.332 e. The summed E-state index contributed by atoms with van der Waals surface area (Å²) in [6.07, 6.45) is 8.09. The molecule has 0 spiro atoms. The molecule has 2 aromatic rings. The van der Waals surface area contributed by atoms with E-state index in [1.165, 1.54) is 4.57 Å². The van der Waals surface area contributed by atoms with E-state index in [-0.39, 0.29) is 17.6 Å². The fourth-order valence-electron chi connectivity index (χ4n) is 3.14. The summed E-state index contributed by atoms with van der Waals surface area (Å²) >= 11 is 0. The molecular weight excluding hydrogens is 306 g/mol. The van der Waals surface area contributed by atoms with Crippen LogP contribution in [0.2, 0.25) is 0 Å². The summed E-state index contributed by atoms with van der Waals surface area (Å²) in [7, 11) is 1.68. The summed E-state index contributed by atoms with van der Waals surface area (Å²) < 4.78 is 3.52. The molecule has 7 nitrogen and oxygen atoms in total. The lowest BCUT2D eigenvalue weighted by Gasteiger charge is -2.37. The predicted molar refractivity (Wildman–Crippen MR) is 92.1 cm³/mol. The van der Waals surface area contributed by atoms with E-state index >= 15 is 0 Å². The topological polar surface area (TPSA) is 72.2 Å². The highest BCUT2D eigenvalue weighted by Crippen LogP contribution is 2.27. The number of pyridine rings is 1. The van der Waals surface area contributed by atoms with Gasteiger partial charge in [-0.05, 0) is 30.9 Å². The van der Waals surface area contributed by atoms with E-state index in [4.69, 9.17) is 0 Å². The van der Waals surface area contributed by atoms with E-state index in [9.17, 15) is 9.59 Å². The number of imidazole rings is 1. The number of piperidine rings is 1. The van der Waals surface area contributed by atoms with Gasteiger partial charge in [-0.2, -0.15) is 0 Å². The third-order valence-corrected chi connectivity index (χ3v) is 4.82. The minimum absolute atomic E-state index is 0.195. The second-order valence-electron chi connectivity index (χ2n) is 6.51. The minimum atomic E-state index is -0.224. The number of urea groups is 1. The van der Waals surface area contributed by atoms with Gasteiger partial charge in [-0.1, -0.05) is 6.92 Å². The molecule has 1 saturated heterocycles. The molecule has 0 saturated carbocycles. The second kappa shape index (κ2) is 6.51. The molecule has 0 radical (unpaired) electrons. The van der Waals surface area contributed by atoms with Crippen molar-refractivity contribution in [3.8, 4) is 0 Å². The van der Waals surface area contributed by atoms with Crippen LogP contribution in [0.25, 0.3) is 0 Å². The Hall–Kier alpha value is -2.57. The maximum Gasteiger partial charge on any atom is 0.322 e. The SMILES string of the molecule is Cc1ccn(C)c(=O)c1NC(=O)N1CC[C@H](C)[C@H](n2ccnc2)C1. The Morgan fingerprint density at radius 1 is 1.38 bits per heavy atom. The summed E-state index contributed by atoms with van der Waals surface area (Å²) in [6.45, 7) is 5.31. The molecule has 1 N–H and O–H groups in total. The Labute approximate surface area is 140 Å². The number of rotatable bonds is 2. The Bertz CT molecular complexity index is 781. The molecule has 2 atom stereocenters. The van der Waals surface area contributed by atoms with Crippen molar-refractivity contribution in [2.45, 2.75) is 26.3 Å². The predicted octanol–water partition coefficient (Wildman–Crippen LogP) is 2.01. The van der Waals surface area contributed by atoms with Gasteiger partial charge in [0.25, 0.3) is 5.56 Å². The number of amides is 2. The zero-order valence-electron chi connectivity index (χ0n) is 14.3. The van der Waals surface area contributed by atoms with E-state index in [2.05, 4.69) is 21.8 Å². The van der Waals surface area contributed by atoms with Crippen LogP contribution < -0.4 is 10.9 Å². The molecule has 3 heterocycles. The van der Waals surface area contributed by atoms with Crippen LogP contribution in [0, 0.1) is 12.8 Å². The first-order chi connectivity index (χ1) is 11.5. The zero-order chi connectivity index (χ0) is 17.3. The summed E-state index contributed by atoms with van der Waals surface area (Å²) in [5.41, 5.74) is 0.922. The Kier molecular flexibility index (Phi) is 4.42. The monoisotopic (exact) mass is 329 g/mol. The van der Waals surface area contributed by atoms with Crippen LogP contribution in [0.5, 0.6) is 0 Å². The normalized spacial score (nSPS) is 20.9. The molecule has 2 aromatic heterocycles. The van der Waals surface area contributed by atoms with Crippen LogP contribution in [-0.4, -0.2) is 38.1 Å². The van der Waals surface area contributed by atoms with Crippen LogP contribution in [0.4, 0.5) is 10.5 Å². The Morgan fingerprint density at radius 3 is 2.88 bits per heavy atom. The van der Waals surface area contributed by atoms with Crippen molar-refractivity contribution in [1.82, 2.24) is 19.0 Å². The molecule has 7 heteroatoms. The van der Waals surface area contributed by atoms with Crippen LogP contribution in [0.15, 0.2) is 35.8 Å².